The van der Waals surface area contributed by atoms with Crippen molar-refractivity contribution in [2.75, 3.05) is 41.1 Å². The highest BCUT2D eigenvalue weighted by Crippen LogP contribution is 2.54. The molecule has 0 amide bonds. The number of unbranched alkanes of at least 4 members (excludes halogenated alkanes) is 8. The summed E-state index contributed by atoms with van der Waals surface area (Å²) in [7, 11) is 0. The van der Waals surface area contributed by atoms with E-state index in [9.17, 15) is 14.4 Å². The molecular formula is C55H68N4O9-2. The first-order valence-electron chi connectivity index (χ1n) is 24.9. The summed E-state index contributed by atoms with van der Waals surface area (Å²) in [6, 6.07) is 18.9. The number of hydrogen-bond donors (Lipinski definition) is 4. The highest BCUT2D eigenvalue weighted by molar-refractivity contribution is 6.09. The van der Waals surface area contributed by atoms with Crippen molar-refractivity contribution in [1.29, 1.82) is 0 Å². The lowest BCUT2D eigenvalue weighted by Gasteiger charge is -2.62. The van der Waals surface area contributed by atoms with Crippen LogP contribution in [0.25, 0.3) is 21.5 Å². The smallest absolute Gasteiger partial charge is 0.311 e. The Labute approximate surface area is 401 Å². The van der Waals surface area contributed by atoms with Crippen molar-refractivity contribution in [2.24, 2.45) is 0 Å². The van der Waals surface area contributed by atoms with Gasteiger partial charge in [0.25, 0.3) is 0 Å². The van der Waals surface area contributed by atoms with Crippen LogP contribution in [-0.4, -0.2) is 61.3 Å². The first kappa shape index (κ1) is 49.9. The molecule has 68 heavy (non-hydrogen) atoms. The molecule has 4 aromatic rings. The first-order chi connectivity index (χ1) is 33.0. The van der Waals surface area contributed by atoms with Crippen molar-refractivity contribution in [1.82, 2.24) is 0 Å². The Balaban J connectivity index is 1.23. The Morgan fingerprint density at radius 2 is 1.12 bits per heavy atom. The SMILES string of the molecule is C=C(OC(=O)CCCCC)C1(CC(=O)OCCCCC)Nc2cccc3ccc(C4C([O-])C(c5ccc6cccc7c6c5NC(C#COCCCCC)(CC(=O)OCCCCC)N7)C4[O-])c(c23)N1. The van der Waals surface area contributed by atoms with Crippen molar-refractivity contribution < 1.29 is 43.5 Å². The van der Waals surface area contributed by atoms with Crippen LogP contribution in [0.3, 0.4) is 0 Å². The molecule has 364 valence electrons. The molecule has 4 aromatic carbocycles. The Morgan fingerprint density at radius 1 is 0.603 bits per heavy atom. The van der Waals surface area contributed by atoms with E-state index in [0.29, 0.717) is 53.3 Å². The lowest BCUT2D eigenvalue weighted by Crippen LogP contribution is -2.64. The molecule has 4 atom stereocenters. The maximum Gasteiger partial charge on any atom is 0.311 e. The lowest BCUT2D eigenvalue weighted by molar-refractivity contribution is -0.535. The molecule has 1 fully saturated rings. The van der Waals surface area contributed by atoms with E-state index in [1.165, 1.54) is 0 Å². The summed E-state index contributed by atoms with van der Waals surface area (Å²) in [5.41, 5.74) is 0.396. The van der Waals surface area contributed by atoms with Crippen molar-refractivity contribution in [3.63, 3.8) is 0 Å². The van der Waals surface area contributed by atoms with Gasteiger partial charge in [-0.05, 0) is 77.5 Å². The fraction of sp³-hybridized carbons (Fsp3) is 0.509. The highest BCUT2D eigenvalue weighted by atomic mass is 16.5. The molecule has 2 heterocycles. The Bertz CT molecular complexity index is 2510. The van der Waals surface area contributed by atoms with Crippen LogP contribution >= 0.6 is 0 Å². The zero-order valence-electron chi connectivity index (χ0n) is 40.2. The van der Waals surface area contributed by atoms with E-state index >= 15 is 10.2 Å². The fourth-order valence-corrected chi connectivity index (χ4v) is 9.68. The number of anilines is 4. The third-order valence-corrected chi connectivity index (χ3v) is 13.4. The summed E-state index contributed by atoms with van der Waals surface area (Å²) in [4.78, 5) is 40.4. The van der Waals surface area contributed by atoms with E-state index < -0.39 is 53.3 Å². The van der Waals surface area contributed by atoms with Gasteiger partial charge in [0.1, 0.15) is 18.5 Å². The maximum absolute atomic E-state index is 15.0. The zero-order valence-corrected chi connectivity index (χ0v) is 40.2. The van der Waals surface area contributed by atoms with Crippen molar-refractivity contribution in [3.8, 4) is 12.0 Å². The first-order valence-corrected chi connectivity index (χ1v) is 24.9. The molecule has 1 aliphatic carbocycles. The number of nitrogens with one attached hydrogen (secondary N) is 4. The van der Waals surface area contributed by atoms with Gasteiger partial charge in [0.2, 0.25) is 0 Å². The Morgan fingerprint density at radius 3 is 1.69 bits per heavy atom. The molecule has 13 heteroatoms. The number of ether oxygens (including phenoxy) is 4. The van der Waals surface area contributed by atoms with E-state index in [-0.39, 0.29) is 38.2 Å². The van der Waals surface area contributed by atoms with Gasteiger partial charge in [0.15, 0.2) is 11.3 Å². The van der Waals surface area contributed by atoms with E-state index in [1.807, 2.05) is 67.6 Å². The largest absolute Gasteiger partial charge is 0.851 e. The van der Waals surface area contributed by atoms with Gasteiger partial charge >= 0.3 is 17.9 Å². The fourth-order valence-electron chi connectivity index (χ4n) is 9.68. The van der Waals surface area contributed by atoms with Gasteiger partial charge in [-0.2, -0.15) is 0 Å². The molecule has 0 saturated heterocycles. The van der Waals surface area contributed by atoms with Crippen LogP contribution in [0, 0.1) is 12.0 Å². The lowest BCUT2D eigenvalue weighted by atomic mass is 9.62. The minimum atomic E-state index is -1.57. The quantitative estimate of drug-likeness (QED) is 0.0172. The molecule has 0 spiro atoms. The third-order valence-electron chi connectivity index (χ3n) is 13.4. The average molecular weight is 929 g/mol. The molecule has 0 radical (unpaired) electrons. The minimum absolute atomic E-state index is 0.0284. The van der Waals surface area contributed by atoms with Gasteiger partial charge < -0.3 is 50.4 Å². The summed E-state index contributed by atoms with van der Waals surface area (Å²) < 4.78 is 23.0. The van der Waals surface area contributed by atoms with Gasteiger partial charge in [0, 0.05) is 34.3 Å². The van der Waals surface area contributed by atoms with E-state index in [0.717, 1.165) is 85.8 Å². The second-order valence-electron chi connectivity index (χ2n) is 18.5. The molecule has 4 unspecified atom stereocenters. The van der Waals surface area contributed by atoms with Crippen LogP contribution in [0.15, 0.2) is 73.0 Å². The van der Waals surface area contributed by atoms with Gasteiger partial charge in [-0.3, -0.25) is 14.4 Å². The molecule has 3 aliphatic rings. The second-order valence-corrected chi connectivity index (χ2v) is 18.5. The summed E-state index contributed by atoms with van der Waals surface area (Å²) >= 11 is 0. The molecule has 0 bridgehead atoms. The normalized spacial score (nSPS) is 22.0. The molecule has 1 saturated carbocycles. The number of carbonyl (C=O) groups excluding carboxylic acids is 3. The van der Waals surface area contributed by atoms with E-state index in [4.69, 9.17) is 18.9 Å². The van der Waals surface area contributed by atoms with Gasteiger partial charge in [-0.1, -0.05) is 134 Å². The van der Waals surface area contributed by atoms with Gasteiger partial charge in [-0.25, -0.2) is 0 Å². The number of esters is 3. The van der Waals surface area contributed by atoms with Crippen molar-refractivity contribution in [2.45, 2.75) is 159 Å². The third kappa shape index (κ3) is 11.0. The van der Waals surface area contributed by atoms with Crippen LogP contribution in [0.5, 0.6) is 0 Å². The van der Waals surface area contributed by atoms with Gasteiger partial charge in [0.05, 0.1) is 31.7 Å². The summed E-state index contributed by atoms with van der Waals surface area (Å²) in [5, 5.41) is 47.2. The summed E-state index contributed by atoms with van der Waals surface area (Å²) in [6.45, 7) is 13.5. The van der Waals surface area contributed by atoms with E-state index in [1.54, 1.807) is 0 Å². The highest BCUT2D eigenvalue weighted by Gasteiger charge is 2.47. The Kier molecular flexibility index (Phi) is 16.8. The van der Waals surface area contributed by atoms with E-state index in [2.05, 4.69) is 60.6 Å². The maximum atomic E-state index is 15.0. The molecular weight excluding hydrogens is 861 g/mol. The molecule has 0 aromatic heterocycles. The molecule has 7 rings (SSSR count). The zero-order chi connectivity index (χ0) is 48.3. The predicted octanol–water partition coefficient (Wildman–Crippen LogP) is 9.45. The number of hydrogen-bond acceptors (Lipinski definition) is 13. The summed E-state index contributed by atoms with van der Waals surface area (Å²) in [5.74, 6) is -0.339. The summed E-state index contributed by atoms with van der Waals surface area (Å²) in [6.07, 6.45) is 10.2. The van der Waals surface area contributed by atoms with Crippen LogP contribution in [0.1, 0.15) is 147 Å². The topological polar surface area (TPSA) is 182 Å². The standard InChI is InChI=1S/C55H68N4O9/c1-6-10-14-24-43(60)68-36(5)55(35-45(62)67-32-17-13-9-4)57-42-23-19-21-38-26-28-40(51(59-55)47(38)42)49-52(63)48(53(49)64)39-27-25-37-20-18-22-41-46(37)50(39)58-54(56-41,29-33-65-30-15-11-7-2)34-44(61)66-31-16-12-8-3/h18-23,25-28,48-49,52-53,56-59H,5-17,24,30-32,34-35H2,1-4H3/q-2. The molecule has 4 N–H and O–H groups in total. The second kappa shape index (κ2) is 22.9. The van der Waals surface area contributed by atoms with Crippen LogP contribution in [0.4, 0.5) is 22.7 Å². The van der Waals surface area contributed by atoms with Crippen LogP contribution in [0.2, 0.25) is 0 Å². The van der Waals surface area contributed by atoms with Crippen LogP contribution in [-0.2, 0) is 33.3 Å². The van der Waals surface area contributed by atoms with Crippen molar-refractivity contribution >= 4 is 62.2 Å². The number of rotatable bonds is 24. The monoisotopic (exact) mass is 928 g/mol. The predicted molar refractivity (Wildman–Crippen MR) is 264 cm³/mol. The number of benzene rings is 4. The van der Waals surface area contributed by atoms with Crippen LogP contribution < -0.4 is 31.5 Å². The minimum Gasteiger partial charge on any atom is -0.851 e. The average Bonchev–Trinajstić information content (AvgIpc) is 3.32. The molecule has 13 nitrogen and oxygen atoms in total. The Hall–Kier alpha value is -5.97. The number of carbonyl (C=O) groups is 3. The molecule has 2 aliphatic heterocycles. The van der Waals surface area contributed by atoms with Crippen molar-refractivity contribution in [3.05, 3.63) is 84.1 Å². The van der Waals surface area contributed by atoms with Gasteiger partial charge in [-0.15, -0.1) is 12.2 Å².